The van der Waals surface area contributed by atoms with Gasteiger partial charge in [0.15, 0.2) is 0 Å². The Labute approximate surface area is 112 Å². The number of carbonyl (C=O) groups excluding carboxylic acids is 1. The van der Waals surface area contributed by atoms with Gasteiger partial charge < -0.3 is 0 Å². The van der Waals surface area contributed by atoms with Crippen molar-refractivity contribution in [3.05, 3.63) is 31.8 Å². The third kappa shape index (κ3) is 2.61. The molecule has 1 atom stereocenters. The fraction of sp³-hybridized carbons (Fsp3) is 0.417. The van der Waals surface area contributed by atoms with Crippen LogP contribution in [0.2, 0.25) is 0 Å². The Kier molecular flexibility index (Phi) is 3.83. The number of hydrogen-bond acceptors (Lipinski definition) is 1. The van der Waals surface area contributed by atoms with Crippen LogP contribution in [0.15, 0.2) is 22.7 Å². The summed E-state index contributed by atoms with van der Waals surface area (Å²) >= 11 is 5.78. The molecule has 1 aromatic carbocycles. The molecule has 1 nitrogen and oxygen atoms in total. The Hall–Kier alpha value is 0.1000. The van der Waals surface area contributed by atoms with Crippen LogP contribution >= 0.6 is 38.5 Å². The molecule has 2 rings (SSSR count). The maximum Gasteiger partial charge on any atom is 0.140 e. The van der Waals surface area contributed by atoms with Crippen LogP contribution in [0, 0.1) is 3.57 Å². The number of ketones is 1. The molecule has 15 heavy (non-hydrogen) atoms. The number of halogens is 2. The minimum atomic E-state index is 0.142. The van der Waals surface area contributed by atoms with Crippen molar-refractivity contribution < 1.29 is 4.79 Å². The van der Waals surface area contributed by atoms with E-state index in [1.54, 1.807) is 0 Å². The first kappa shape index (κ1) is 11.6. The molecule has 1 aromatic rings. The molecule has 0 saturated heterocycles. The normalized spacial score (nSPS) is 21.7. The SMILES string of the molecule is O=C1CCCCC1c1cc(Br)ccc1I. The van der Waals surface area contributed by atoms with Crippen LogP contribution in [0.5, 0.6) is 0 Å². The largest absolute Gasteiger partial charge is 0.299 e. The molecule has 0 aliphatic heterocycles. The van der Waals surface area contributed by atoms with E-state index >= 15 is 0 Å². The first-order chi connectivity index (χ1) is 7.18. The number of carbonyl (C=O) groups is 1. The maximum absolute atomic E-state index is 11.8. The van der Waals surface area contributed by atoms with Gasteiger partial charge in [-0.1, -0.05) is 22.4 Å². The van der Waals surface area contributed by atoms with Crippen LogP contribution in [-0.4, -0.2) is 5.78 Å². The summed E-state index contributed by atoms with van der Waals surface area (Å²) < 4.78 is 2.27. The lowest BCUT2D eigenvalue weighted by molar-refractivity contribution is -0.121. The van der Waals surface area contributed by atoms with Crippen LogP contribution in [0.1, 0.15) is 37.2 Å². The van der Waals surface area contributed by atoms with Crippen molar-refractivity contribution in [3.8, 4) is 0 Å². The van der Waals surface area contributed by atoms with Crippen LogP contribution in [-0.2, 0) is 4.79 Å². The molecular weight excluding hydrogens is 367 g/mol. The molecule has 0 aromatic heterocycles. The average molecular weight is 379 g/mol. The minimum absolute atomic E-state index is 0.142. The van der Waals surface area contributed by atoms with Crippen LogP contribution < -0.4 is 0 Å². The summed E-state index contributed by atoms with van der Waals surface area (Å²) in [7, 11) is 0. The Morgan fingerprint density at radius 3 is 2.87 bits per heavy atom. The number of hydrogen-bond donors (Lipinski definition) is 0. The van der Waals surface area contributed by atoms with E-state index in [-0.39, 0.29) is 5.92 Å². The van der Waals surface area contributed by atoms with Gasteiger partial charge in [-0.2, -0.15) is 0 Å². The van der Waals surface area contributed by atoms with Crippen molar-refractivity contribution in [1.82, 2.24) is 0 Å². The van der Waals surface area contributed by atoms with Gasteiger partial charge in [0.05, 0.1) is 0 Å². The summed E-state index contributed by atoms with van der Waals surface area (Å²) in [5.74, 6) is 0.556. The zero-order valence-corrected chi connectivity index (χ0v) is 12.0. The molecule has 1 fully saturated rings. The third-order valence-electron chi connectivity index (χ3n) is 2.89. The molecule has 1 unspecified atom stereocenters. The van der Waals surface area contributed by atoms with Crippen LogP contribution in [0.3, 0.4) is 0 Å². The van der Waals surface area contributed by atoms with E-state index in [0.717, 1.165) is 23.7 Å². The first-order valence-electron chi connectivity index (χ1n) is 5.16. The highest BCUT2D eigenvalue weighted by atomic mass is 127. The molecule has 80 valence electrons. The number of benzene rings is 1. The molecule has 0 N–H and O–H groups in total. The first-order valence-corrected chi connectivity index (χ1v) is 7.03. The molecule has 1 saturated carbocycles. The summed E-state index contributed by atoms with van der Waals surface area (Å²) in [6, 6.07) is 6.19. The zero-order valence-electron chi connectivity index (χ0n) is 8.30. The summed E-state index contributed by atoms with van der Waals surface area (Å²) in [6.07, 6.45) is 4.03. The van der Waals surface area contributed by atoms with Crippen molar-refractivity contribution in [2.24, 2.45) is 0 Å². The summed E-state index contributed by atoms with van der Waals surface area (Å²) in [5.41, 5.74) is 1.20. The van der Waals surface area contributed by atoms with E-state index in [0.29, 0.717) is 5.78 Å². The van der Waals surface area contributed by atoms with Gasteiger partial charge in [0, 0.05) is 20.4 Å². The lowest BCUT2D eigenvalue weighted by Crippen LogP contribution is -2.17. The van der Waals surface area contributed by atoms with Gasteiger partial charge >= 0.3 is 0 Å². The van der Waals surface area contributed by atoms with E-state index < -0.39 is 0 Å². The lowest BCUT2D eigenvalue weighted by atomic mass is 9.83. The van der Waals surface area contributed by atoms with Crippen molar-refractivity contribution in [2.75, 3.05) is 0 Å². The van der Waals surface area contributed by atoms with Gasteiger partial charge in [0.2, 0.25) is 0 Å². The zero-order chi connectivity index (χ0) is 10.8. The molecule has 1 aliphatic rings. The topological polar surface area (TPSA) is 17.1 Å². The fourth-order valence-electron chi connectivity index (χ4n) is 2.09. The van der Waals surface area contributed by atoms with E-state index in [4.69, 9.17) is 0 Å². The second-order valence-electron chi connectivity index (χ2n) is 3.93. The van der Waals surface area contributed by atoms with Crippen LogP contribution in [0.4, 0.5) is 0 Å². The Morgan fingerprint density at radius 2 is 2.13 bits per heavy atom. The number of Topliss-reactive ketones (excluding diaryl/α,β-unsaturated/α-hetero) is 1. The molecule has 0 bridgehead atoms. The van der Waals surface area contributed by atoms with Gasteiger partial charge in [-0.15, -0.1) is 0 Å². The van der Waals surface area contributed by atoms with Crippen molar-refractivity contribution >= 4 is 44.3 Å². The molecule has 0 amide bonds. The predicted molar refractivity (Wildman–Crippen MR) is 73.1 cm³/mol. The van der Waals surface area contributed by atoms with Gasteiger partial charge in [-0.05, 0) is 59.2 Å². The molecule has 1 aliphatic carbocycles. The van der Waals surface area contributed by atoms with E-state index in [2.05, 4.69) is 50.7 Å². The molecule has 0 heterocycles. The van der Waals surface area contributed by atoms with E-state index in [9.17, 15) is 4.79 Å². The van der Waals surface area contributed by atoms with Crippen molar-refractivity contribution in [3.63, 3.8) is 0 Å². The highest BCUT2D eigenvalue weighted by molar-refractivity contribution is 14.1. The second kappa shape index (κ2) is 4.95. The van der Waals surface area contributed by atoms with Crippen LogP contribution in [0.25, 0.3) is 0 Å². The molecule has 0 spiro atoms. The smallest absolute Gasteiger partial charge is 0.140 e. The monoisotopic (exact) mass is 378 g/mol. The van der Waals surface area contributed by atoms with Gasteiger partial charge in [-0.3, -0.25) is 4.79 Å². The Balaban J connectivity index is 2.34. The average Bonchev–Trinajstić information content (AvgIpc) is 2.23. The maximum atomic E-state index is 11.8. The third-order valence-corrected chi connectivity index (χ3v) is 4.36. The fourth-order valence-corrected chi connectivity index (χ4v) is 3.18. The number of rotatable bonds is 1. The predicted octanol–water partition coefficient (Wildman–Crippen LogP) is 4.28. The van der Waals surface area contributed by atoms with Gasteiger partial charge in [0.25, 0.3) is 0 Å². The summed E-state index contributed by atoms with van der Waals surface area (Å²) in [6.45, 7) is 0. The molecular formula is C12H12BrIO. The quantitative estimate of drug-likeness (QED) is 0.666. The Bertz CT molecular complexity index is 389. The minimum Gasteiger partial charge on any atom is -0.299 e. The highest BCUT2D eigenvalue weighted by Crippen LogP contribution is 2.33. The highest BCUT2D eigenvalue weighted by Gasteiger charge is 2.25. The molecule has 0 radical (unpaired) electrons. The van der Waals surface area contributed by atoms with Gasteiger partial charge in [0.1, 0.15) is 5.78 Å². The second-order valence-corrected chi connectivity index (χ2v) is 6.01. The summed E-state index contributed by atoms with van der Waals surface area (Å²) in [4.78, 5) is 11.8. The van der Waals surface area contributed by atoms with Gasteiger partial charge in [-0.25, -0.2) is 0 Å². The van der Waals surface area contributed by atoms with Crippen molar-refractivity contribution in [2.45, 2.75) is 31.6 Å². The van der Waals surface area contributed by atoms with Crippen molar-refractivity contribution in [1.29, 1.82) is 0 Å². The summed E-state index contributed by atoms with van der Waals surface area (Å²) in [5, 5.41) is 0. The Morgan fingerprint density at radius 1 is 1.33 bits per heavy atom. The lowest BCUT2D eigenvalue weighted by Gasteiger charge is -2.22. The molecule has 3 heteroatoms. The van der Waals surface area contributed by atoms with E-state index in [1.165, 1.54) is 15.6 Å². The van der Waals surface area contributed by atoms with E-state index in [1.807, 2.05) is 6.07 Å². The standard InChI is InChI=1S/C12H12BrIO/c13-8-5-6-11(14)10(7-8)9-3-1-2-4-12(9)15/h5-7,9H,1-4H2.